The van der Waals surface area contributed by atoms with Gasteiger partial charge >= 0.3 is 27.6 Å². The maximum atomic E-state index is 12.8. The molecule has 1 saturated carbocycles. The van der Waals surface area contributed by atoms with Crippen LogP contribution in [-0.4, -0.2) is 110 Å². The largest absolute Gasteiger partial charge is 0.472 e. The van der Waals surface area contributed by atoms with E-state index in [0.29, 0.717) is 25.2 Å². The van der Waals surface area contributed by atoms with Crippen molar-refractivity contribution >= 4 is 33.4 Å². The molecular formula is C38H70O17P2. The second-order valence-corrected chi connectivity index (χ2v) is 18.1. The number of unbranched alkanes of at least 4 members (excludes halogenated alkanes) is 8. The summed E-state index contributed by atoms with van der Waals surface area (Å²) >= 11 is 0. The van der Waals surface area contributed by atoms with Crippen molar-refractivity contribution in [2.75, 3.05) is 26.4 Å². The van der Waals surface area contributed by atoms with Gasteiger partial charge in [0, 0.05) is 43.9 Å². The van der Waals surface area contributed by atoms with Crippen molar-refractivity contribution in [2.45, 2.75) is 167 Å². The number of aliphatic hydroxyl groups excluding tert-OH is 4. The van der Waals surface area contributed by atoms with E-state index in [1.165, 1.54) is 12.8 Å². The van der Waals surface area contributed by atoms with Gasteiger partial charge in [0.05, 0.1) is 38.1 Å². The summed E-state index contributed by atoms with van der Waals surface area (Å²) in [6.45, 7) is 3.38. The lowest BCUT2D eigenvalue weighted by Crippen LogP contribution is -2.30. The molecule has 57 heavy (non-hydrogen) atoms. The number of carbonyl (C=O) groups is 3. The summed E-state index contributed by atoms with van der Waals surface area (Å²) in [6.07, 6.45) is 9.03. The van der Waals surface area contributed by atoms with Crippen LogP contribution in [0, 0.1) is 17.8 Å². The van der Waals surface area contributed by atoms with Gasteiger partial charge in [-0.3, -0.25) is 28.0 Å². The zero-order chi connectivity index (χ0) is 42.9. The summed E-state index contributed by atoms with van der Waals surface area (Å²) in [5, 5.41) is 41.0. The highest BCUT2D eigenvalue weighted by Crippen LogP contribution is 2.44. The molecule has 19 heteroatoms. The summed E-state index contributed by atoms with van der Waals surface area (Å²) in [6, 6.07) is 0. The van der Waals surface area contributed by atoms with Crippen molar-refractivity contribution in [3.63, 3.8) is 0 Å². The van der Waals surface area contributed by atoms with Crippen molar-refractivity contribution in [2.24, 2.45) is 17.8 Å². The highest BCUT2D eigenvalue weighted by Gasteiger charge is 2.41. The summed E-state index contributed by atoms with van der Waals surface area (Å²) in [5.74, 6) is -1.82. The van der Waals surface area contributed by atoms with E-state index < -0.39 is 96.4 Å². The maximum absolute atomic E-state index is 12.8. The smallest absolute Gasteiger partial charge is 0.462 e. The third-order valence-corrected chi connectivity index (χ3v) is 11.0. The van der Waals surface area contributed by atoms with E-state index in [2.05, 4.69) is 29.8 Å². The van der Waals surface area contributed by atoms with Crippen LogP contribution in [-0.2, 0) is 46.6 Å². The number of phosphoric acid groups is 2. The molecule has 334 valence electrons. The second kappa shape index (κ2) is 29.6. The van der Waals surface area contributed by atoms with Crippen LogP contribution in [0.25, 0.3) is 0 Å². The Morgan fingerprint density at radius 3 is 1.96 bits per heavy atom. The van der Waals surface area contributed by atoms with E-state index in [4.69, 9.17) is 23.8 Å². The number of ketones is 1. The molecule has 0 radical (unpaired) electrons. The minimum atomic E-state index is -4.91. The zero-order valence-electron chi connectivity index (χ0n) is 33.9. The molecule has 1 unspecified atom stereocenters. The fraction of sp³-hybridized carbons (Fsp3) is 0.868. The van der Waals surface area contributed by atoms with Crippen LogP contribution in [0.2, 0.25) is 0 Å². The summed E-state index contributed by atoms with van der Waals surface area (Å²) < 4.78 is 47.5. The number of Topliss-reactive ketones (excluding diaryl/α,β-unsaturated/α-hetero) is 1. The fourth-order valence-electron chi connectivity index (χ4n) is 6.35. The highest BCUT2D eigenvalue weighted by atomic mass is 31.2. The first-order valence-electron chi connectivity index (χ1n) is 20.4. The van der Waals surface area contributed by atoms with Crippen LogP contribution < -0.4 is 0 Å². The number of esters is 2. The number of rotatable bonds is 34. The summed E-state index contributed by atoms with van der Waals surface area (Å²) in [5.41, 5.74) is 0. The molecule has 0 heterocycles. The maximum Gasteiger partial charge on any atom is 0.472 e. The van der Waals surface area contributed by atoms with Crippen LogP contribution >= 0.6 is 15.6 Å². The van der Waals surface area contributed by atoms with Gasteiger partial charge in [0.1, 0.15) is 18.5 Å². The fourth-order valence-corrected chi connectivity index (χ4v) is 7.51. The minimum Gasteiger partial charge on any atom is -0.462 e. The van der Waals surface area contributed by atoms with Gasteiger partial charge in [0.2, 0.25) is 0 Å². The molecule has 0 aromatic heterocycles. The number of phosphoric ester groups is 2. The van der Waals surface area contributed by atoms with E-state index in [0.717, 1.165) is 44.9 Å². The minimum absolute atomic E-state index is 0.0176. The van der Waals surface area contributed by atoms with Crippen LogP contribution in [0.5, 0.6) is 0 Å². The highest BCUT2D eigenvalue weighted by molar-refractivity contribution is 7.47. The van der Waals surface area contributed by atoms with Crippen molar-refractivity contribution < 1.29 is 81.7 Å². The first-order chi connectivity index (χ1) is 26.8. The standard InChI is InChI=1S/C38H70O17P2/c1-4-5-10-16-29(39)20-21-33-34(36(43)23-35(33)42)22-30(40)17-13-14-19-38(45)55-32(26-51-37(44)18-12-9-7-6-8-11-15-28(2)3)27-54-57(49,50)53-25-31(41)24-52-56(46,47)48/h20-21,28-29,31-36,39,41-43H,4-19,22-27H2,1-3H3,(H,49,50)(H2,46,47,48)/b21-20+/t29-,31-,32+,33+,34+,35+,36-/m0/s1. The number of hydrogen-bond donors (Lipinski definition) is 7. The van der Waals surface area contributed by atoms with Gasteiger partial charge in [0.25, 0.3) is 0 Å². The lowest BCUT2D eigenvalue weighted by Gasteiger charge is -2.21. The zero-order valence-corrected chi connectivity index (χ0v) is 35.7. The number of ether oxygens (including phenoxy) is 2. The number of carbonyl (C=O) groups excluding carboxylic acids is 3. The van der Waals surface area contributed by atoms with E-state index >= 15 is 0 Å². The van der Waals surface area contributed by atoms with Gasteiger partial charge in [-0.1, -0.05) is 90.7 Å². The van der Waals surface area contributed by atoms with Gasteiger partial charge in [-0.2, -0.15) is 0 Å². The molecule has 8 atom stereocenters. The molecule has 1 aliphatic carbocycles. The van der Waals surface area contributed by atoms with Crippen molar-refractivity contribution in [1.82, 2.24) is 0 Å². The third-order valence-electron chi connectivity index (χ3n) is 9.55. The molecule has 17 nitrogen and oxygen atoms in total. The molecule has 1 rings (SSSR count). The van der Waals surface area contributed by atoms with Crippen LogP contribution in [0.3, 0.4) is 0 Å². The van der Waals surface area contributed by atoms with Crippen LogP contribution in [0.1, 0.15) is 136 Å². The Labute approximate surface area is 337 Å². The summed E-state index contributed by atoms with van der Waals surface area (Å²) in [4.78, 5) is 65.5. The Morgan fingerprint density at radius 2 is 1.30 bits per heavy atom. The molecule has 1 aliphatic rings. The Kier molecular flexibility index (Phi) is 27.7. The van der Waals surface area contributed by atoms with Crippen LogP contribution in [0.4, 0.5) is 0 Å². The molecule has 7 N–H and O–H groups in total. The Hall–Kier alpha value is -1.59. The first-order valence-corrected chi connectivity index (χ1v) is 23.4. The number of hydrogen-bond acceptors (Lipinski definition) is 14. The van der Waals surface area contributed by atoms with Gasteiger partial charge in [-0.05, 0) is 31.6 Å². The average Bonchev–Trinajstić information content (AvgIpc) is 3.39. The topological polar surface area (TPSA) is 273 Å². The molecule has 0 saturated heterocycles. The van der Waals surface area contributed by atoms with Gasteiger partial charge in [0.15, 0.2) is 6.10 Å². The average molecular weight is 861 g/mol. The lowest BCUT2D eigenvalue weighted by atomic mass is 9.87. The third kappa shape index (κ3) is 27.7. The normalized spacial score (nSPS) is 21.4. The SMILES string of the molecule is CCCCC[C@H](O)/C=C/[C@@H]1[C@@H](CC(=O)CCCCC(=O)O[C@H](COC(=O)CCCCCCCCC(C)C)COP(=O)(O)OC[C@@H](O)COP(=O)(O)O)[C@@H](O)C[C@H]1O. The number of aliphatic hydroxyl groups is 4. The van der Waals surface area contributed by atoms with Gasteiger partial charge in [-0.25, -0.2) is 9.13 Å². The lowest BCUT2D eigenvalue weighted by molar-refractivity contribution is -0.161. The van der Waals surface area contributed by atoms with E-state index in [-0.39, 0.29) is 44.3 Å². The monoisotopic (exact) mass is 860 g/mol. The van der Waals surface area contributed by atoms with Crippen LogP contribution in [0.15, 0.2) is 12.2 Å². The van der Waals surface area contributed by atoms with Gasteiger partial charge < -0.3 is 44.6 Å². The molecule has 0 aromatic rings. The predicted octanol–water partition coefficient (Wildman–Crippen LogP) is 5.20. The van der Waals surface area contributed by atoms with Crippen molar-refractivity contribution in [3.8, 4) is 0 Å². The molecule has 0 aromatic carbocycles. The van der Waals surface area contributed by atoms with Crippen molar-refractivity contribution in [1.29, 1.82) is 0 Å². The first kappa shape index (κ1) is 53.4. The molecular weight excluding hydrogens is 790 g/mol. The predicted molar refractivity (Wildman–Crippen MR) is 209 cm³/mol. The van der Waals surface area contributed by atoms with Crippen molar-refractivity contribution in [3.05, 3.63) is 12.2 Å². The second-order valence-electron chi connectivity index (χ2n) is 15.4. The summed E-state index contributed by atoms with van der Waals surface area (Å²) in [7, 11) is -9.81. The van der Waals surface area contributed by atoms with E-state index in [1.54, 1.807) is 12.2 Å². The molecule has 0 bridgehead atoms. The molecule has 0 spiro atoms. The van der Waals surface area contributed by atoms with E-state index in [1.807, 2.05) is 0 Å². The Balaban J connectivity index is 2.64. The Morgan fingerprint density at radius 1 is 0.719 bits per heavy atom. The Bertz CT molecular complexity index is 1260. The molecule has 0 aliphatic heterocycles. The van der Waals surface area contributed by atoms with Gasteiger partial charge in [-0.15, -0.1) is 0 Å². The van der Waals surface area contributed by atoms with E-state index in [9.17, 15) is 48.8 Å². The molecule has 0 amide bonds. The molecule has 1 fully saturated rings. The quantitative estimate of drug-likeness (QED) is 0.0190.